The topological polar surface area (TPSA) is 24.9 Å². The highest BCUT2D eigenvalue weighted by Crippen LogP contribution is 2.32. The van der Waals surface area contributed by atoms with Crippen LogP contribution in [0.4, 0.5) is 11.4 Å². The standard InChI is InChI=1S/C23H26N2O2/c1-19-17-22(24-9-13-26-14-10-24)21(8-7-20-5-3-2-4-6-20)23(18-19)25-11-15-27-16-12-25/h2-6,17-18H,9-16H2,1H3. The Morgan fingerprint density at radius 2 is 1.26 bits per heavy atom. The number of aryl methyl sites for hydroxylation is 1. The minimum absolute atomic E-state index is 0.770. The van der Waals surface area contributed by atoms with Crippen LogP contribution in [0.15, 0.2) is 42.5 Å². The monoisotopic (exact) mass is 362 g/mol. The van der Waals surface area contributed by atoms with Gasteiger partial charge in [-0.05, 0) is 36.8 Å². The van der Waals surface area contributed by atoms with E-state index in [4.69, 9.17) is 9.47 Å². The molecule has 2 heterocycles. The van der Waals surface area contributed by atoms with Gasteiger partial charge in [0, 0.05) is 31.7 Å². The van der Waals surface area contributed by atoms with E-state index in [1.165, 1.54) is 16.9 Å². The maximum absolute atomic E-state index is 5.56. The molecule has 2 aliphatic rings. The zero-order valence-corrected chi connectivity index (χ0v) is 15.9. The van der Waals surface area contributed by atoms with Crippen molar-refractivity contribution in [3.05, 3.63) is 59.2 Å². The van der Waals surface area contributed by atoms with E-state index in [1.807, 2.05) is 18.2 Å². The molecule has 0 N–H and O–H groups in total. The van der Waals surface area contributed by atoms with Crippen molar-refractivity contribution in [3.63, 3.8) is 0 Å². The molecule has 0 bridgehead atoms. The average molecular weight is 362 g/mol. The second kappa shape index (κ2) is 8.47. The lowest BCUT2D eigenvalue weighted by atomic mass is 10.0. The van der Waals surface area contributed by atoms with Crippen molar-refractivity contribution in [3.8, 4) is 11.8 Å². The molecule has 2 saturated heterocycles. The third kappa shape index (κ3) is 4.27. The van der Waals surface area contributed by atoms with Gasteiger partial charge in [0.1, 0.15) is 0 Å². The summed E-state index contributed by atoms with van der Waals surface area (Å²) in [7, 11) is 0. The summed E-state index contributed by atoms with van der Waals surface area (Å²) >= 11 is 0. The van der Waals surface area contributed by atoms with Crippen LogP contribution in [0.25, 0.3) is 0 Å². The summed E-state index contributed by atoms with van der Waals surface area (Å²) in [6, 6.07) is 14.7. The quantitative estimate of drug-likeness (QED) is 0.767. The Bertz CT molecular complexity index is 787. The van der Waals surface area contributed by atoms with E-state index in [2.05, 4.69) is 52.8 Å². The Balaban J connectivity index is 1.79. The molecule has 0 amide bonds. The molecule has 140 valence electrons. The molecule has 2 aromatic carbocycles. The lowest BCUT2D eigenvalue weighted by Crippen LogP contribution is -2.39. The number of morpholine rings is 2. The molecule has 2 aromatic rings. The molecule has 0 aliphatic carbocycles. The van der Waals surface area contributed by atoms with Gasteiger partial charge in [0.05, 0.1) is 43.4 Å². The van der Waals surface area contributed by atoms with Crippen molar-refractivity contribution >= 4 is 11.4 Å². The van der Waals surface area contributed by atoms with Gasteiger partial charge in [0.25, 0.3) is 0 Å². The average Bonchev–Trinajstić information content (AvgIpc) is 2.74. The molecule has 0 radical (unpaired) electrons. The summed E-state index contributed by atoms with van der Waals surface area (Å²) in [4.78, 5) is 4.82. The summed E-state index contributed by atoms with van der Waals surface area (Å²) in [6.45, 7) is 8.88. The summed E-state index contributed by atoms with van der Waals surface area (Å²) in [5.41, 5.74) is 5.88. The van der Waals surface area contributed by atoms with Gasteiger partial charge in [-0.1, -0.05) is 30.0 Å². The predicted octanol–water partition coefficient (Wildman–Crippen LogP) is 3.07. The summed E-state index contributed by atoms with van der Waals surface area (Å²) < 4.78 is 11.1. The highest BCUT2D eigenvalue weighted by molar-refractivity contribution is 5.76. The molecule has 27 heavy (non-hydrogen) atoms. The van der Waals surface area contributed by atoms with E-state index in [1.54, 1.807) is 0 Å². The Kier molecular flexibility index (Phi) is 5.62. The van der Waals surface area contributed by atoms with Crippen LogP contribution in [0.1, 0.15) is 16.7 Å². The largest absolute Gasteiger partial charge is 0.378 e. The fraction of sp³-hybridized carbons (Fsp3) is 0.391. The van der Waals surface area contributed by atoms with Gasteiger partial charge in [-0.25, -0.2) is 0 Å². The Morgan fingerprint density at radius 3 is 1.78 bits per heavy atom. The highest BCUT2D eigenvalue weighted by atomic mass is 16.5. The molecule has 2 fully saturated rings. The zero-order chi connectivity index (χ0) is 18.5. The molecular formula is C23H26N2O2. The predicted molar refractivity (Wildman–Crippen MR) is 110 cm³/mol. The Hall–Kier alpha value is -2.48. The van der Waals surface area contributed by atoms with Crippen LogP contribution in [0.5, 0.6) is 0 Å². The van der Waals surface area contributed by atoms with Gasteiger partial charge in [-0.15, -0.1) is 0 Å². The first kappa shape index (κ1) is 17.9. The molecule has 0 aromatic heterocycles. The summed E-state index contributed by atoms with van der Waals surface area (Å²) in [6.07, 6.45) is 0. The summed E-state index contributed by atoms with van der Waals surface area (Å²) in [5, 5.41) is 0. The first-order valence-electron chi connectivity index (χ1n) is 9.68. The highest BCUT2D eigenvalue weighted by Gasteiger charge is 2.21. The fourth-order valence-electron chi connectivity index (χ4n) is 3.64. The fourth-order valence-corrected chi connectivity index (χ4v) is 3.64. The number of benzene rings is 2. The van der Waals surface area contributed by atoms with Crippen LogP contribution in [0.3, 0.4) is 0 Å². The third-order valence-corrected chi connectivity index (χ3v) is 5.05. The number of anilines is 2. The Morgan fingerprint density at radius 1 is 0.741 bits per heavy atom. The van der Waals surface area contributed by atoms with Crippen LogP contribution >= 0.6 is 0 Å². The van der Waals surface area contributed by atoms with Gasteiger partial charge in [0.15, 0.2) is 0 Å². The molecule has 4 rings (SSSR count). The molecule has 4 heteroatoms. The zero-order valence-electron chi connectivity index (χ0n) is 15.9. The van der Waals surface area contributed by atoms with Crippen LogP contribution in [-0.2, 0) is 9.47 Å². The second-order valence-corrected chi connectivity index (χ2v) is 6.99. The number of ether oxygens (including phenoxy) is 2. The minimum atomic E-state index is 0.770. The van der Waals surface area contributed by atoms with Crippen LogP contribution < -0.4 is 9.80 Å². The SMILES string of the molecule is Cc1cc(N2CCOCC2)c(C#Cc2ccccc2)c(N2CCOCC2)c1. The van der Waals surface area contributed by atoms with E-state index in [0.29, 0.717) is 0 Å². The number of nitrogens with zero attached hydrogens (tertiary/aromatic N) is 2. The number of hydrogen-bond donors (Lipinski definition) is 0. The molecule has 2 aliphatic heterocycles. The van der Waals surface area contributed by atoms with Gasteiger partial charge in [-0.3, -0.25) is 0 Å². The second-order valence-electron chi connectivity index (χ2n) is 6.99. The van der Waals surface area contributed by atoms with E-state index in [0.717, 1.165) is 63.7 Å². The smallest absolute Gasteiger partial charge is 0.0716 e. The van der Waals surface area contributed by atoms with E-state index < -0.39 is 0 Å². The first-order valence-corrected chi connectivity index (χ1v) is 9.68. The van der Waals surface area contributed by atoms with Crippen LogP contribution in [0.2, 0.25) is 0 Å². The van der Waals surface area contributed by atoms with Crippen LogP contribution in [-0.4, -0.2) is 52.6 Å². The molecule has 0 spiro atoms. The van der Waals surface area contributed by atoms with Crippen molar-refractivity contribution in [2.75, 3.05) is 62.4 Å². The lowest BCUT2D eigenvalue weighted by Gasteiger charge is -2.34. The Labute approximate surface area is 161 Å². The van der Waals surface area contributed by atoms with E-state index >= 15 is 0 Å². The van der Waals surface area contributed by atoms with Crippen LogP contribution in [0, 0.1) is 18.8 Å². The first-order chi connectivity index (χ1) is 13.3. The normalized spacial score (nSPS) is 17.4. The lowest BCUT2D eigenvalue weighted by molar-refractivity contribution is 0.122. The molecule has 0 unspecified atom stereocenters. The third-order valence-electron chi connectivity index (χ3n) is 5.05. The van der Waals surface area contributed by atoms with Gasteiger partial charge >= 0.3 is 0 Å². The van der Waals surface area contributed by atoms with Gasteiger partial charge in [-0.2, -0.15) is 0 Å². The maximum Gasteiger partial charge on any atom is 0.0716 e. The maximum atomic E-state index is 5.56. The van der Waals surface area contributed by atoms with Crippen molar-refractivity contribution < 1.29 is 9.47 Å². The molecule has 0 saturated carbocycles. The van der Waals surface area contributed by atoms with Gasteiger partial charge < -0.3 is 19.3 Å². The molecule has 4 nitrogen and oxygen atoms in total. The van der Waals surface area contributed by atoms with Crippen molar-refractivity contribution in [1.82, 2.24) is 0 Å². The van der Waals surface area contributed by atoms with Gasteiger partial charge in [0.2, 0.25) is 0 Å². The summed E-state index contributed by atoms with van der Waals surface area (Å²) in [5.74, 6) is 6.88. The minimum Gasteiger partial charge on any atom is -0.378 e. The van der Waals surface area contributed by atoms with Crippen molar-refractivity contribution in [1.29, 1.82) is 0 Å². The van der Waals surface area contributed by atoms with Crippen molar-refractivity contribution in [2.45, 2.75) is 6.92 Å². The van der Waals surface area contributed by atoms with E-state index in [-0.39, 0.29) is 0 Å². The molecular weight excluding hydrogens is 336 g/mol. The number of rotatable bonds is 2. The van der Waals surface area contributed by atoms with Crippen molar-refractivity contribution in [2.24, 2.45) is 0 Å². The molecule has 0 atom stereocenters. The van der Waals surface area contributed by atoms with E-state index in [9.17, 15) is 0 Å². The number of hydrogen-bond acceptors (Lipinski definition) is 4.